The fourth-order valence-electron chi connectivity index (χ4n) is 2.22. The summed E-state index contributed by atoms with van der Waals surface area (Å²) >= 11 is 1.03. The molecule has 0 bridgehead atoms. The Morgan fingerprint density at radius 1 is 1.30 bits per heavy atom. The van der Waals surface area contributed by atoms with Crippen molar-refractivity contribution >= 4 is 32.5 Å². The molecule has 0 atom stereocenters. The Kier molecular flexibility index (Phi) is 3.19. The molecule has 0 amide bonds. The molecule has 2 aromatic heterocycles. The number of benzene rings is 1. The van der Waals surface area contributed by atoms with Crippen LogP contribution in [0.25, 0.3) is 10.2 Å². The normalized spacial score (nSPS) is 12.5. The number of nitrogens with one attached hydrogen (secondary N) is 1. The maximum absolute atomic E-state index is 10.8. The molecule has 116 valence electrons. The second-order valence-corrected chi connectivity index (χ2v) is 5.85. The molecule has 0 fully saturated rings. The molecule has 0 aliphatic carbocycles. The zero-order valence-corrected chi connectivity index (χ0v) is 12.5. The third kappa shape index (κ3) is 2.61. The van der Waals surface area contributed by atoms with E-state index in [-0.39, 0.29) is 11.8 Å². The Balaban J connectivity index is 1.52. The standard InChI is InChI=1S/C14H10N4O4S/c19-18(20)12-4-9-6-16-14(17-13(9)23-12)15-5-8-1-2-10-11(3-8)22-7-21-10/h1-4,6H,5,7H2,(H,15,16,17). The summed E-state index contributed by atoms with van der Waals surface area (Å²) in [5, 5.41) is 14.6. The smallest absolute Gasteiger partial charge is 0.326 e. The highest BCUT2D eigenvalue weighted by molar-refractivity contribution is 7.21. The molecule has 1 aliphatic rings. The fraction of sp³-hybridized carbons (Fsp3) is 0.143. The molecule has 9 heteroatoms. The number of nitro groups is 1. The van der Waals surface area contributed by atoms with Gasteiger partial charge in [0.05, 0.1) is 4.92 Å². The van der Waals surface area contributed by atoms with E-state index in [0.29, 0.717) is 22.7 Å². The van der Waals surface area contributed by atoms with Gasteiger partial charge in [-0.15, -0.1) is 0 Å². The first-order chi connectivity index (χ1) is 11.2. The zero-order chi connectivity index (χ0) is 15.8. The van der Waals surface area contributed by atoms with Crippen molar-refractivity contribution in [3.63, 3.8) is 0 Å². The molecule has 0 unspecified atom stereocenters. The first kappa shape index (κ1) is 13.7. The van der Waals surface area contributed by atoms with E-state index in [2.05, 4.69) is 15.3 Å². The first-order valence-corrected chi connectivity index (χ1v) is 7.54. The third-order valence-corrected chi connectivity index (χ3v) is 4.32. The van der Waals surface area contributed by atoms with E-state index in [0.717, 1.165) is 28.4 Å². The van der Waals surface area contributed by atoms with E-state index in [4.69, 9.17) is 9.47 Å². The van der Waals surface area contributed by atoms with Gasteiger partial charge >= 0.3 is 5.00 Å². The van der Waals surface area contributed by atoms with Crippen molar-refractivity contribution < 1.29 is 14.4 Å². The molecule has 0 saturated carbocycles. The lowest BCUT2D eigenvalue weighted by molar-refractivity contribution is -0.380. The number of anilines is 1. The van der Waals surface area contributed by atoms with E-state index in [9.17, 15) is 10.1 Å². The molecule has 23 heavy (non-hydrogen) atoms. The van der Waals surface area contributed by atoms with Crippen molar-refractivity contribution in [2.75, 3.05) is 12.1 Å². The number of hydrogen-bond acceptors (Lipinski definition) is 8. The number of aromatic nitrogens is 2. The summed E-state index contributed by atoms with van der Waals surface area (Å²) in [6.07, 6.45) is 1.58. The summed E-state index contributed by atoms with van der Waals surface area (Å²) in [5.41, 5.74) is 0.995. The van der Waals surface area contributed by atoms with Gasteiger partial charge in [-0.1, -0.05) is 6.07 Å². The summed E-state index contributed by atoms with van der Waals surface area (Å²) in [7, 11) is 0. The van der Waals surface area contributed by atoms with Crippen LogP contribution in [-0.4, -0.2) is 21.7 Å². The van der Waals surface area contributed by atoms with E-state index in [1.54, 1.807) is 6.20 Å². The second-order valence-electron chi connectivity index (χ2n) is 4.84. The lowest BCUT2D eigenvalue weighted by atomic mass is 10.2. The number of rotatable bonds is 4. The van der Waals surface area contributed by atoms with Crippen LogP contribution in [0.4, 0.5) is 10.9 Å². The van der Waals surface area contributed by atoms with Crippen LogP contribution in [0.3, 0.4) is 0 Å². The largest absolute Gasteiger partial charge is 0.454 e. The minimum absolute atomic E-state index is 0.0576. The van der Waals surface area contributed by atoms with Gasteiger partial charge in [0.1, 0.15) is 4.83 Å². The van der Waals surface area contributed by atoms with Gasteiger partial charge in [-0.3, -0.25) is 10.1 Å². The van der Waals surface area contributed by atoms with Crippen LogP contribution in [0.5, 0.6) is 11.5 Å². The Bertz CT molecular complexity index is 911. The van der Waals surface area contributed by atoms with Gasteiger partial charge in [0.25, 0.3) is 0 Å². The molecule has 8 nitrogen and oxygen atoms in total. The average Bonchev–Trinajstić information content (AvgIpc) is 3.18. The Morgan fingerprint density at radius 2 is 2.17 bits per heavy atom. The van der Waals surface area contributed by atoms with Gasteiger partial charge in [-0.2, -0.15) is 0 Å². The molecular weight excluding hydrogens is 320 g/mol. The second kappa shape index (κ2) is 5.36. The summed E-state index contributed by atoms with van der Waals surface area (Å²) in [5.74, 6) is 1.87. The van der Waals surface area contributed by atoms with Crippen LogP contribution in [0.15, 0.2) is 30.5 Å². The van der Waals surface area contributed by atoms with Crippen LogP contribution in [0.1, 0.15) is 5.56 Å². The number of fused-ring (bicyclic) bond motifs is 2. The number of nitrogens with zero attached hydrogens (tertiary/aromatic N) is 3. The highest BCUT2D eigenvalue weighted by Crippen LogP contribution is 2.33. The van der Waals surface area contributed by atoms with E-state index < -0.39 is 4.92 Å². The average molecular weight is 330 g/mol. The molecule has 1 aliphatic heterocycles. The van der Waals surface area contributed by atoms with E-state index in [1.807, 2.05) is 18.2 Å². The molecular formula is C14H10N4O4S. The minimum atomic E-state index is -0.425. The summed E-state index contributed by atoms with van der Waals surface area (Å²) in [6.45, 7) is 0.749. The van der Waals surface area contributed by atoms with Gasteiger partial charge in [-0.25, -0.2) is 9.97 Å². The van der Waals surface area contributed by atoms with Gasteiger partial charge in [0.15, 0.2) is 11.5 Å². The maximum Gasteiger partial charge on any atom is 0.326 e. The highest BCUT2D eigenvalue weighted by Gasteiger charge is 2.14. The predicted molar refractivity (Wildman–Crippen MR) is 84.0 cm³/mol. The molecule has 0 saturated heterocycles. The highest BCUT2D eigenvalue weighted by atomic mass is 32.1. The van der Waals surface area contributed by atoms with Crippen molar-refractivity contribution in [1.82, 2.24) is 9.97 Å². The van der Waals surface area contributed by atoms with E-state index >= 15 is 0 Å². The molecule has 1 aromatic carbocycles. The molecule has 1 N–H and O–H groups in total. The van der Waals surface area contributed by atoms with Crippen molar-refractivity contribution in [2.45, 2.75) is 6.54 Å². The predicted octanol–water partition coefficient (Wildman–Crippen LogP) is 2.94. The van der Waals surface area contributed by atoms with Gasteiger partial charge in [-0.05, 0) is 29.0 Å². The number of thiophene rings is 1. The SMILES string of the molecule is O=[N+]([O-])c1cc2cnc(NCc3ccc4c(c3)OCO4)nc2s1. The van der Waals surface area contributed by atoms with Crippen molar-refractivity contribution in [3.8, 4) is 11.5 Å². The molecule has 4 rings (SSSR count). The third-order valence-electron chi connectivity index (χ3n) is 3.33. The lowest BCUT2D eigenvalue weighted by Gasteiger charge is -2.05. The van der Waals surface area contributed by atoms with Gasteiger partial charge in [0, 0.05) is 24.2 Å². The van der Waals surface area contributed by atoms with Crippen molar-refractivity contribution in [2.24, 2.45) is 0 Å². The van der Waals surface area contributed by atoms with Crippen LogP contribution in [-0.2, 0) is 6.54 Å². The Hall–Kier alpha value is -2.94. The lowest BCUT2D eigenvalue weighted by Crippen LogP contribution is -2.03. The monoisotopic (exact) mass is 330 g/mol. The fourth-order valence-corrected chi connectivity index (χ4v) is 3.05. The van der Waals surface area contributed by atoms with Crippen LogP contribution >= 0.6 is 11.3 Å². The zero-order valence-electron chi connectivity index (χ0n) is 11.7. The van der Waals surface area contributed by atoms with Gasteiger partial charge < -0.3 is 14.8 Å². The summed E-state index contributed by atoms with van der Waals surface area (Å²) in [6, 6.07) is 7.15. The Labute approximate surface area is 133 Å². The van der Waals surface area contributed by atoms with Crippen molar-refractivity contribution in [1.29, 1.82) is 0 Å². The summed E-state index contributed by atoms with van der Waals surface area (Å²) in [4.78, 5) is 19.4. The molecule has 3 aromatic rings. The van der Waals surface area contributed by atoms with E-state index in [1.165, 1.54) is 6.07 Å². The quantitative estimate of drug-likeness (QED) is 0.580. The topological polar surface area (TPSA) is 99.4 Å². The van der Waals surface area contributed by atoms with Gasteiger partial charge in [0.2, 0.25) is 12.7 Å². The molecule has 0 radical (unpaired) electrons. The van der Waals surface area contributed by atoms with Crippen LogP contribution in [0.2, 0.25) is 0 Å². The minimum Gasteiger partial charge on any atom is -0.454 e. The van der Waals surface area contributed by atoms with Crippen LogP contribution in [0, 0.1) is 10.1 Å². The summed E-state index contributed by atoms with van der Waals surface area (Å²) < 4.78 is 10.6. The number of hydrogen-bond donors (Lipinski definition) is 1. The molecule has 3 heterocycles. The Morgan fingerprint density at radius 3 is 3.04 bits per heavy atom. The number of ether oxygens (including phenoxy) is 2. The maximum atomic E-state index is 10.8. The van der Waals surface area contributed by atoms with Crippen LogP contribution < -0.4 is 14.8 Å². The van der Waals surface area contributed by atoms with Crippen molar-refractivity contribution in [3.05, 3.63) is 46.1 Å². The first-order valence-electron chi connectivity index (χ1n) is 6.72. The molecule has 0 spiro atoms.